The smallest absolute Gasteiger partial charge is 0.253 e. The topological polar surface area (TPSA) is 106 Å². The van der Waals surface area contributed by atoms with Gasteiger partial charge in [0.2, 0.25) is 0 Å². The predicted molar refractivity (Wildman–Crippen MR) is 80.8 cm³/mol. The van der Waals surface area contributed by atoms with Crippen molar-refractivity contribution in [3.05, 3.63) is 22.6 Å². The fraction of sp³-hybridized carbons (Fsp3) is 0.462. The molecule has 1 fully saturated rings. The lowest BCUT2D eigenvalue weighted by Gasteiger charge is -2.26. The van der Waals surface area contributed by atoms with Gasteiger partial charge in [-0.2, -0.15) is 5.10 Å². The molecule has 0 unspecified atom stereocenters. The molecule has 7 nitrogen and oxygen atoms in total. The van der Waals surface area contributed by atoms with E-state index in [-0.39, 0.29) is 23.9 Å². The largest absolute Gasteiger partial charge is 0.393 e. The highest BCUT2D eigenvalue weighted by Crippen LogP contribution is 2.24. The molecule has 1 aliphatic carbocycles. The molecule has 1 amide bonds. The first-order valence-electron chi connectivity index (χ1n) is 6.83. The average molecular weight is 354 g/mol. The molecule has 1 aliphatic rings. The molecule has 0 saturated heterocycles. The number of aliphatic hydroxyl groups is 1. The number of nitrogens with one attached hydrogen (secondary N) is 1. The molecule has 21 heavy (non-hydrogen) atoms. The molecule has 3 rings (SSSR count). The molecule has 2 heterocycles. The Morgan fingerprint density at radius 2 is 2.14 bits per heavy atom. The van der Waals surface area contributed by atoms with Crippen LogP contribution in [0.25, 0.3) is 5.52 Å². The highest BCUT2D eigenvalue weighted by atomic mass is 79.9. The van der Waals surface area contributed by atoms with E-state index >= 15 is 0 Å². The SMILES string of the molecule is Nc1ncnn2c(Br)cc(C(=O)NC3CCC(O)CC3)c12. The summed E-state index contributed by atoms with van der Waals surface area (Å²) in [5.74, 6) is 0.0704. The van der Waals surface area contributed by atoms with Gasteiger partial charge in [-0.3, -0.25) is 4.79 Å². The monoisotopic (exact) mass is 353 g/mol. The molecule has 2 aromatic heterocycles. The maximum Gasteiger partial charge on any atom is 0.253 e. The average Bonchev–Trinajstić information content (AvgIpc) is 2.80. The minimum atomic E-state index is -0.244. The lowest BCUT2D eigenvalue weighted by Crippen LogP contribution is -2.38. The Hall–Kier alpha value is -1.67. The van der Waals surface area contributed by atoms with Crippen molar-refractivity contribution >= 4 is 33.2 Å². The number of fused-ring (bicyclic) bond motifs is 1. The lowest BCUT2D eigenvalue weighted by molar-refractivity contribution is 0.0869. The van der Waals surface area contributed by atoms with Gasteiger partial charge in [0.05, 0.1) is 11.7 Å². The second-order valence-corrected chi connectivity index (χ2v) is 6.08. The third-order valence-electron chi connectivity index (χ3n) is 3.82. The zero-order chi connectivity index (χ0) is 15.0. The molecule has 0 atom stereocenters. The van der Waals surface area contributed by atoms with Gasteiger partial charge in [0.1, 0.15) is 16.4 Å². The van der Waals surface area contributed by atoms with Gasteiger partial charge >= 0.3 is 0 Å². The summed E-state index contributed by atoms with van der Waals surface area (Å²) in [6.07, 6.45) is 4.11. The minimum absolute atomic E-state index is 0.0838. The molecule has 0 aromatic carbocycles. The molecule has 2 aromatic rings. The summed E-state index contributed by atoms with van der Waals surface area (Å²) in [5.41, 5.74) is 6.80. The molecule has 0 bridgehead atoms. The third-order valence-corrected chi connectivity index (χ3v) is 4.38. The van der Waals surface area contributed by atoms with Gasteiger partial charge in [-0.1, -0.05) is 0 Å². The van der Waals surface area contributed by atoms with E-state index in [0.29, 0.717) is 15.7 Å². The zero-order valence-corrected chi connectivity index (χ0v) is 12.9. The quantitative estimate of drug-likeness (QED) is 0.749. The summed E-state index contributed by atoms with van der Waals surface area (Å²) >= 11 is 3.36. The van der Waals surface area contributed by atoms with Gasteiger partial charge in [0, 0.05) is 6.04 Å². The van der Waals surface area contributed by atoms with Crippen LogP contribution in [-0.4, -0.2) is 37.8 Å². The van der Waals surface area contributed by atoms with Crippen LogP contribution in [0.3, 0.4) is 0 Å². The van der Waals surface area contributed by atoms with Crippen molar-refractivity contribution in [2.24, 2.45) is 0 Å². The Bertz CT molecular complexity index is 678. The third kappa shape index (κ3) is 2.73. The predicted octanol–water partition coefficient (Wildman–Crippen LogP) is 1.11. The molecule has 4 N–H and O–H groups in total. The van der Waals surface area contributed by atoms with Gasteiger partial charge in [-0.15, -0.1) is 0 Å². The van der Waals surface area contributed by atoms with E-state index in [4.69, 9.17) is 5.73 Å². The van der Waals surface area contributed by atoms with Gasteiger partial charge in [-0.25, -0.2) is 9.50 Å². The Labute approximate surface area is 129 Å². The number of aliphatic hydroxyl groups excluding tert-OH is 1. The van der Waals surface area contributed by atoms with Crippen LogP contribution in [-0.2, 0) is 0 Å². The van der Waals surface area contributed by atoms with Crippen molar-refractivity contribution in [3.63, 3.8) is 0 Å². The number of nitrogen functional groups attached to an aromatic ring is 1. The van der Waals surface area contributed by atoms with Crippen molar-refractivity contribution in [2.45, 2.75) is 37.8 Å². The van der Waals surface area contributed by atoms with E-state index in [0.717, 1.165) is 25.7 Å². The molecule has 1 saturated carbocycles. The summed E-state index contributed by atoms with van der Waals surface area (Å²) in [7, 11) is 0. The minimum Gasteiger partial charge on any atom is -0.393 e. The van der Waals surface area contributed by atoms with Crippen molar-refractivity contribution in [3.8, 4) is 0 Å². The first-order valence-corrected chi connectivity index (χ1v) is 7.62. The Morgan fingerprint density at radius 3 is 2.86 bits per heavy atom. The normalized spacial score (nSPS) is 22.4. The van der Waals surface area contributed by atoms with Crippen molar-refractivity contribution < 1.29 is 9.90 Å². The first-order chi connectivity index (χ1) is 10.1. The summed E-state index contributed by atoms with van der Waals surface area (Å²) in [6.45, 7) is 0. The number of rotatable bonds is 2. The fourth-order valence-electron chi connectivity index (χ4n) is 2.69. The summed E-state index contributed by atoms with van der Waals surface area (Å²) in [5, 5.41) is 16.6. The van der Waals surface area contributed by atoms with Gasteiger partial charge in [-0.05, 0) is 47.7 Å². The Morgan fingerprint density at radius 1 is 1.43 bits per heavy atom. The number of carbonyl (C=O) groups is 1. The molecular formula is C13H16BrN5O2. The Balaban J connectivity index is 1.85. The van der Waals surface area contributed by atoms with Crippen LogP contribution in [0.1, 0.15) is 36.0 Å². The summed E-state index contributed by atoms with van der Waals surface area (Å²) in [6, 6.07) is 1.77. The van der Waals surface area contributed by atoms with E-state index in [1.807, 2.05) is 0 Å². The molecule has 0 aliphatic heterocycles. The van der Waals surface area contributed by atoms with Gasteiger partial charge in [0.15, 0.2) is 5.82 Å². The fourth-order valence-corrected chi connectivity index (χ4v) is 3.18. The molecular weight excluding hydrogens is 338 g/mol. The maximum absolute atomic E-state index is 12.5. The zero-order valence-electron chi connectivity index (χ0n) is 11.3. The summed E-state index contributed by atoms with van der Waals surface area (Å²) in [4.78, 5) is 16.4. The summed E-state index contributed by atoms with van der Waals surface area (Å²) < 4.78 is 2.19. The van der Waals surface area contributed by atoms with E-state index in [1.54, 1.807) is 10.6 Å². The van der Waals surface area contributed by atoms with E-state index in [9.17, 15) is 9.90 Å². The number of hydrogen-bond donors (Lipinski definition) is 3. The second-order valence-electron chi connectivity index (χ2n) is 5.27. The van der Waals surface area contributed by atoms with Crippen LogP contribution in [0.5, 0.6) is 0 Å². The van der Waals surface area contributed by atoms with Crippen LogP contribution in [0, 0.1) is 0 Å². The lowest BCUT2D eigenvalue weighted by atomic mass is 9.93. The number of anilines is 1. The number of nitrogens with zero attached hydrogens (tertiary/aromatic N) is 3. The van der Waals surface area contributed by atoms with Gasteiger partial charge < -0.3 is 16.2 Å². The number of hydrogen-bond acceptors (Lipinski definition) is 5. The number of nitrogens with two attached hydrogens (primary N) is 1. The number of halogens is 1. The van der Waals surface area contributed by atoms with Crippen LogP contribution >= 0.6 is 15.9 Å². The number of aromatic nitrogens is 3. The number of carbonyl (C=O) groups excluding carboxylic acids is 1. The highest BCUT2D eigenvalue weighted by Gasteiger charge is 2.24. The van der Waals surface area contributed by atoms with Crippen LogP contribution in [0.2, 0.25) is 0 Å². The van der Waals surface area contributed by atoms with Crippen LogP contribution in [0.4, 0.5) is 5.82 Å². The molecule has 8 heteroatoms. The second kappa shape index (κ2) is 5.61. The standard InChI is InChI=1S/C13H16BrN5O2/c14-10-5-9(11-12(15)16-6-17-19(10)11)13(21)18-7-1-3-8(20)4-2-7/h5-8,20H,1-4H2,(H,18,21)(H2,15,16,17). The van der Waals surface area contributed by atoms with Crippen LogP contribution < -0.4 is 11.1 Å². The van der Waals surface area contributed by atoms with E-state index < -0.39 is 0 Å². The highest BCUT2D eigenvalue weighted by molar-refractivity contribution is 9.10. The van der Waals surface area contributed by atoms with Crippen molar-refractivity contribution in [1.82, 2.24) is 19.9 Å². The Kier molecular flexibility index (Phi) is 3.81. The maximum atomic E-state index is 12.5. The van der Waals surface area contributed by atoms with Crippen LogP contribution in [0.15, 0.2) is 17.0 Å². The number of amides is 1. The molecule has 112 valence electrons. The van der Waals surface area contributed by atoms with Crippen molar-refractivity contribution in [2.75, 3.05) is 5.73 Å². The van der Waals surface area contributed by atoms with E-state index in [1.165, 1.54) is 6.33 Å². The first kappa shape index (κ1) is 14.3. The molecule has 0 spiro atoms. The van der Waals surface area contributed by atoms with E-state index in [2.05, 4.69) is 31.3 Å². The molecule has 0 radical (unpaired) electrons. The van der Waals surface area contributed by atoms with Gasteiger partial charge in [0.25, 0.3) is 5.91 Å². The van der Waals surface area contributed by atoms with Crippen molar-refractivity contribution in [1.29, 1.82) is 0 Å².